The van der Waals surface area contributed by atoms with Gasteiger partial charge in [0, 0.05) is 29.7 Å². The molecule has 7 nitrogen and oxygen atoms in total. The van der Waals surface area contributed by atoms with Crippen LogP contribution in [0.15, 0.2) is 54.4 Å². The lowest BCUT2D eigenvalue weighted by Crippen LogP contribution is -2.21. The average Bonchev–Trinajstić information content (AvgIpc) is 3.13. The van der Waals surface area contributed by atoms with Crippen LogP contribution in [0, 0.1) is 0 Å². The van der Waals surface area contributed by atoms with Gasteiger partial charge >= 0.3 is 0 Å². The fraction of sp³-hybridized carbons (Fsp3) is 0.217. The Balaban J connectivity index is 1.61. The highest BCUT2D eigenvalue weighted by atomic mass is 35.5. The summed E-state index contributed by atoms with van der Waals surface area (Å²) in [6.45, 7) is 1.68. The first-order chi connectivity index (χ1) is 15.4. The van der Waals surface area contributed by atoms with Gasteiger partial charge in [-0.3, -0.25) is 4.79 Å². The number of likely N-dealkylation sites (N-methyl/N-ethyl adjacent to an activating group) is 1. The van der Waals surface area contributed by atoms with Crippen molar-refractivity contribution < 1.29 is 9.53 Å². The quantitative estimate of drug-likeness (QED) is 0.230. The van der Waals surface area contributed by atoms with Crippen LogP contribution in [-0.4, -0.2) is 55.1 Å². The minimum absolute atomic E-state index is 0.164. The van der Waals surface area contributed by atoms with Crippen LogP contribution >= 0.6 is 23.2 Å². The summed E-state index contributed by atoms with van der Waals surface area (Å²) in [6.07, 6.45) is 6.73. The molecule has 32 heavy (non-hydrogen) atoms. The second-order valence-corrected chi connectivity index (χ2v) is 8.10. The second kappa shape index (κ2) is 11.0. The number of nitrogens with zero attached hydrogens (tertiary/aromatic N) is 2. The van der Waals surface area contributed by atoms with Crippen LogP contribution in [0.2, 0.25) is 10.0 Å². The SMILES string of the molecule is COC(=CC=Cc1cc2cc(Cl)c(Cl)cc2[nH]1)C(=O)Nc1ccc(NCCN(C)C)nc1. The Morgan fingerprint density at radius 2 is 2.00 bits per heavy atom. The number of fused-ring (bicyclic) bond motifs is 1. The van der Waals surface area contributed by atoms with Gasteiger partial charge in [-0.05, 0) is 56.6 Å². The molecule has 2 heterocycles. The number of carbonyl (C=O) groups excluding carboxylic acids is 1. The van der Waals surface area contributed by atoms with Gasteiger partial charge in [-0.15, -0.1) is 0 Å². The highest BCUT2D eigenvalue weighted by Crippen LogP contribution is 2.28. The van der Waals surface area contributed by atoms with Gasteiger partial charge in [0.1, 0.15) is 5.82 Å². The monoisotopic (exact) mass is 473 g/mol. The van der Waals surface area contributed by atoms with Crippen molar-refractivity contribution in [2.24, 2.45) is 0 Å². The lowest BCUT2D eigenvalue weighted by Gasteiger charge is -2.11. The van der Waals surface area contributed by atoms with Crippen molar-refractivity contribution in [2.75, 3.05) is 44.9 Å². The third-order valence-electron chi connectivity index (χ3n) is 4.54. The van der Waals surface area contributed by atoms with E-state index in [-0.39, 0.29) is 11.7 Å². The highest BCUT2D eigenvalue weighted by Gasteiger charge is 2.10. The number of nitrogens with one attached hydrogen (secondary N) is 3. The largest absolute Gasteiger partial charge is 0.491 e. The number of pyridine rings is 1. The summed E-state index contributed by atoms with van der Waals surface area (Å²) in [7, 11) is 5.47. The van der Waals surface area contributed by atoms with E-state index in [1.54, 1.807) is 36.5 Å². The van der Waals surface area contributed by atoms with E-state index >= 15 is 0 Å². The van der Waals surface area contributed by atoms with Crippen molar-refractivity contribution in [1.29, 1.82) is 0 Å². The smallest absolute Gasteiger partial charge is 0.290 e. The van der Waals surface area contributed by atoms with Gasteiger partial charge in [-0.2, -0.15) is 0 Å². The first-order valence-corrected chi connectivity index (χ1v) is 10.7. The maximum atomic E-state index is 12.5. The van der Waals surface area contributed by atoms with E-state index in [0.717, 1.165) is 35.5 Å². The molecule has 3 N–H and O–H groups in total. The number of aromatic amines is 1. The number of hydrogen-bond donors (Lipinski definition) is 3. The number of H-pyrrole nitrogens is 1. The predicted octanol–water partition coefficient (Wildman–Crippen LogP) is 5.03. The van der Waals surface area contributed by atoms with Crippen LogP contribution in [0.4, 0.5) is 11.5 Å². The molecule has 0 fully saturated rings. The Labute approximate surface area is 197 Å². The van der Waals surface area contributed by atoms with E-state index in [1.165, 1.54) is 7.11 Å². The molecule has 2 aromatic heterocycles. The molecular weight excluding hydrogens is 449 g/mol. The average molecular weight is 474 g/mol. The third-order valence-corrected chi connectivity index (χ3v) is 5.26. The zero-order valence-electron chi connectivity index (χ0n) is 18.1. The summed E-state index contributed by atoms with van der Waals surface area (Å²) in [5, 5.41) is 7.93. The molecule has 3 aromatic rings. The molecule has 168 valence electrons. The summed E-state index contributed by atoms with van der Waals surface area (Å²) in [4.78, 5) is 22.1. The molecule has 3 rings (SSSR count). The maximum Gasteiger partial charge on any atom is 0.290 e. The lowest BCUT2D eigenvalue weighted by molar-refractivity contribution is -0.115. The molecular formula is C23H25Cl2N5O2. The molecule has 1 amide bonds. The number of amides is 1. The molecule has 9 heteroatoms. The van der Waals surface area contributed by atoms with Gasteiger partial charge in [0.05, 0.1) is 29.0 Å². The van der Waals surface area contributed by atoms with E-state index in [0.29, 0.717) is 15.7 Å². The number of carbonyl (C=O) groups is 1. The number of methoxy groups -OCH3 is 1. The zero-order chi connectivity index (χ0) is 23.1. The van der Waals surface area contributed by atoms with Crippen molar-refractivity contribution in [1.82, 2.24) is 14.9 Å². The van der Waals surface area contributed by atoms with Gasteiger partial charge in [-0.25, -0.2) is 4.98 Å². The fourth-order valence-electron chi connectivity index (χ4n) is 2.89. The zero-order valence-corrected chi connectivity index (χ0v) is 19.6. The van der Waals surface area contributed by atoms with Crippen LogP contribution in [-0.2, 0) is 9.53 Å². The van der Waals surface area contributed by atoms with Crippen molar-refractivity contribution in [3.05, 3.63) is 70.2 Å². The normalized spacial score (nSPS) is 12.0. The molecule has 0 bridgehead atoms. The molecule has 0 radical (unpaired) electrons. The summed E-state index contributed by atoms with van der Waals surface area (Å²) in [6, 6.07) is 9.11. The molecule has 1 aromatic carbocycles. The fourth-order valence-corrected chi connectivity index (χ4v) is 3.22. The molecule has 0 aliphatic carbocycles. The standard InChI is InChI=1S/C23H25Cl2N5O2/c1-30(2)10-9-26-22-8-7-17(14-27-22)29-23(31)21(32-3)6-4-5-16-11-15-12-18(24)19(25)13-20(15)28-16/h4-8,11-14,28H,9-10H2,1-3H3,(H,26,27)(H,29,31). The number of anilines is 2. The first-order valence-electron chi connectivity index (χ1n) is 9.92. The number of ether oxygens (including phenoxy) is 1. The van der Waals surface area contributed by atoms with Gasteiger partial charge < -0.3 is 25.3 Å². The number of hydrogen-bond acceptors (Lipinski definition) is 5. The Morgan fingerprint density at radius 1 is 1.22 bits per heavy atom. The molecule has 0 atom stereocenters. The number of allylic oxidation sites excluding steroid dienone is 2. The predicted molar refractivity (Wildman–Crippen MR) is 132 cm³/mol. The number of benzene rings is 1. The van der Waals surface area contributed by atoms with E-state index in [1.807, 2.05) is 32.3 Å². The van der Waals surface area contributed by atoms with Gasteiger partial charge in [0.2, 0.25) is 0 Å². The lowest BCUT2D eigenvalue weighted by atomic mass is 10.2. The topological polar surface area (TPSA) is 82.3 Å². The summed E-state index contributed by atoms with van der Waals surface area (Å²) in [5.74, 6) is 0.537. The van der Waals surface area contributed by atoms with Crippen molar-refractivity contribution in [3.63, 3.8) is 0 Å². The Morgan fingerprint density at radius 3 is 2.69 bits per heavy atom. The third kappa shape index (κ3) is 6.50. The second-order valence-electron chi connectivity index (χ2n) is 7.29. The molecule has 0 aliphatic heterocycles. The first kappa shape index (κ1) is 23.7. The Bertz CT molecular complexity index is 1100. The number of halogens is 2. The molecule has 0 unspecified atom stereocenters. The molecule has 0 spiro atoms. The van der Waals surface area contributed by atoms with E-state index in [2.05, 4.69) is 25.5 Å². The van der Waals surface area contributed by atoms with Crippen LogP contribution in [0.25, 0.3) is 17.0 Å². The van der Waals surface area contributed by atoms with Crippen molar-refractivity contribution >= 4 is 57.6 Å². The van der Waals surface area contributed by atoms with Gasteiger partial charge in [-0.1, -0.05) is 29.3 Å². The van der Waals surface area contributed by atoms with Gasteiger partial charge in [0.15, 0.2) is 5.76 Å². The maximum absolute atomic E-state index is 12.5. The summed E-state index contributed by atoms with van der Waals surface area (Å²) >= 11 is 12.1. The summed E-state index contributed by atoms with van der Waals surface area (Å²) in [5.41, 5.74) is 2.29. The van der Waals surface area contributed by atoms with E-state index < -0.39 is 0 Å². The minimum Gasteiger partial charge on any atom is -0.491 e. The minimum atomic E-state index is -0.373. The number of aromatic nitrogens is 2. The molecule has 0 aliphatic rings. The Kier molecular flexibility index (Phi) is 8.16. The van der Waals surface area contributed by atoms with Crippen LogP contribution in [0.5, 0.6) is 0 Å². The molecule has 0 saturated heterocycles. The van der Waals surface area contributed by atoms with Crippen molar-refractivity contribution in [2.45, 2.75) is 0 Å². The van der Waals surface area contributed by atoms with E-state index in [9.17, 15) is 4.79 Å². The van der Waals surface area contributed by atoms with Crippen LogP contribution < -0.4 is 10.6 Å². The summed E-state index contributed by atoms with van der Waals surface area (Å²) < 4.78 is 5.23. The highest BCUT2D eigenvalue weighted by molar-refractivity contribution is 6.42. The van der Waals surface area contributed by atoms with E-state index in [4.69, 9.17) is 27.9 Å². The van der Waals surface area contributed by atoms with Crippen LogP contribution in [0.3, 0.4) is 0 Å². The van der Waals surface area contributed by atoms with Crippen LogP contribution in [0.1, 0.15) is 5.69 Å². The van der Waals surface area contributed by atoms with Gasteiger partial charge in [0.25, 0.3) is 5.91 Å². The number of rotatable bonds is 9. The molecule has 0 saturated carbocycles. The van der Waals surface area contributed by atoms with Crippen molar-refractivity contribution in [3.8, 4) is 0 Å². The Hall–Kier alpha value is -3.00.